The van der Waals surface area contributed by atoms with Crippen molar-refractivity contribution in [2.24, 2.45) is 5.92 Å². The van der Waals surface area contributed by atoms with E-state index in [0.29, 0.717) is 24.2 Å². The molecular weight excluding hydrogens is 321 g/mol. The lowest BCUT2D eigenvalue weighted by atomic mass is 9.84. The van der Waals surface area contributed by atoms with Crippen LogP contribution in [0.25, 0.3) is 22.1 Å². The third-order valence-corrected chi connectivity index (χ3v) is 5.58. The van der Waals surface area contributed by atoms with Crippen molar-refractivity contribution in [1.29, 1.82) is 5.26 Å². The Hall–Kier alpha value is -1.96. The zero-order valence-electron chi connectivity index (χ0n) is 13.4. The Bertz CT molecular complexity index is 930. The molecule has 1 unspecified atom stereocenters. The first-order valence-corrected chi connectivity index (χ1v) is 8.84. The summed E-state index contributed by atoms with van der Waals surface area (Å²) in [6.07, 6.45) is 8.57. The molecule has 124 valence electrons. The van der Waals surface area contributed by atoms with Gasteiger partial charge in [0.2, 0.25) is 0 Å². The standard InChI is InChI=1S/C17H20N5OP/c18-7-5-11-1-3-12(4-2-11)22-15(10-23)20-14-9-19-17-13(16(14)22)6-8-21(17)24/h6,8-9,11-12,23H,1-5,10,24H2/t11-,12-. The first-order valence-electron chi connectivity index (χ1n) is 8.32. The Morgan fingerprint density at radius 2 is 2.12 bits per heavy atom. The number of pyridine rings is 1. The number of aliphatic hydroxyl groups excluding tert-OH is 1. The molecule has 1 saturated carbocycles. The van der Waals surface area contributed by atoms with Crippen LogP contribution in [0.15, 0.2) is 18.5 Å². The highest BCUT2D eigenvalue weighted by Gasteiger charge is 2.26. The van der Waals surface area contributed by atoms with Crippen molar-refractivity contribution in [3.63, 3.8) is 0 Å². The molecule has 0 spiro atoms. The van der Waals surface area contributed by atoms with E-state index < -0.39 is 0 Å². The average molecular weight is 341 g/mol. The maximum atomic E-state index is 9.81. The van der Waals surface area contributed by atoms with Gasteiger partial charge in [-0.25, -0.2) is 9.97 Å². The van der Waals surface area contributed by atoms with Crippen molar-refractivity contribution in [1.82, 2.24) is 18.9 Å². The molecular formula is C17H20N5OP. The highest BCUT2D eigenvalue weighted by atomic mass is 31.0. The third kappa shape index (κ3) is 2.40. The van der Waals surface area contributed by atoms with Crippen LogP contribution in [0.2, 0.25) is 0 Å². The lowest BCUT2D eigenvalue weighted by Crippen LogP contribution is -2.20. The summed E-state index contributed by atoms with van der Waals surface area (Å²) in [5.41, 5.74) is 2.80. The normalized spacial score (nSPS) is 21.4. The summed E-state index contributed by atoms with van der Waals surface area (Å²) >= 11 is 0. The molecule has 0 aliphatic heterocycles. The SMILES string of the molecule is N#CC[C@H]1CC[C@H](n2c(CO)nc3cnc4c(ccn4P)c32)CC1. The van der Waals surface area contributed by atoms with E-state index in [2.05, 4.69) is 36.1 Å². The summed E-state index contributed by atoms with van der Waals surface area (Å²) in [4.78, 5) is 9.09. The summed E-state index contributed by atoms with van der Waals surface area (Å²) < 4.78 is 4.14. The van der Waals surface area contributed by atoms with E-state index in [4.69, 9.17) is 5.26 Å². The first-order chi connectivity index (χ1) is 11.7. The second-order valence-corrected chi connectivity index (χ2v) is 7.10. The Morgan fingerprint density at radius 3 is 2.83 bits per heavy atom. The van der Waals surface area contributed by atoms with Gasteiger partial charge in [-0.15, -0.1) is 0 Å². The van der Waals surface area contributed by atoms with Crippen molar-refractivity contribution in [3.8, 4) is 6.07 Å². The van der Waals surface area contributed by atoms with E-state index in [-0.39, 0.29) is 6.61 Å². The number of aromatic nitrogens is 4. The maximum absolute atomic E-state index is 9.81. The van der Waals surface area contributed by atoms with E-state index in [1.165, 1.54) is 0 Å². The monoisotopic (exact) mass is 341 g/mol. The molecule has 1 aliphatic carbocycles. The van der Waals surface area contributed by atoms with Crippen molar-refractivity contribution in [2.75, 3.05) is 0 Å². The van der Waals surface area contributed by atoms with E-state index in [9.17, 15) is 5.11 Å². The largest absolute Gasteiger partial charge is 0.388 e. The second-order valence-electron chi connectivity index (χ2n) is 6.55. The van der Waals surface area contributed by atoms with Gasteiger partial charge in [0.05, 0.1) is 17.8 Å². The highest BCUT2D eigenvalue weighted by molar-refractivity contribution is 7.14. The van der Waals surface area contributed by atoms with Crippen LogP contribution >= 0.6 is 9.39 Å². The number of nitrogens with zero attached hydrogens (tertiary/aromatic N) is 5. The van der Waals surface area contributed by atoms with E-state index in [1.54, 1.807) is 6.20 Å². The topological polar surface area (TPSA) is 79.7 Å². The number of hydrogen-bond donors (Lipinski definition) is 1. The van der Waals surface area contributed by atoms with Gasteiger partial charge in [-0.1, -0.05) is 0 Å². The fourth-order valence-electron chi connectivity index (χ4n) is 3.98. The molecule has 0 radical (unpaired) electrons. The Labute approximate surface area is 142 Å². The molecule has 1 atom stereocenters. The fourth-order valence-corrected chi connectivity index (χ4v) is 4.27. The van der Waals surface area contributed by atoms with Gasteiger partial charge in [-0.05, 0) is 47.1 Å². The van der Waals surface area contributed by atoms with Crippen LogP contribution < -0.4 is 0 Å². The summed E-state index contributed by atoms with van der Waals surface area (Å²) in [6.45, 7) is -0.0735. The Balaban J connectivity index is 1.82. The average Bonchev–Trinajstić information content (AvgIpc) is 3.16. The molecule has 0 bridgehead atoms. The lowest BCUT2D eigenvalue weighted by molar-refractivity contribution is 0.239. The predicted octanol–water partition coefficient (Wildman–Crippen LogP) is 3.16. The van der Waals surface area contributed by atoms with Gasteiger partial charge < -0.3 is 14.0 Å². The van der Waals surface area contributed by atoms with E-state index in [1.807, 2.05) is 10.5 Å². The van der Waals surface area contributed by atoms with Crippen molar-refractivity contribution < 1.29 is 5.11 Å². The molecule has 0 aromatic carbocycles. The molecule has 0 amide bonds. The van der Waals surface area contributed by atoms with Crippen molar-refractivity contribution in [3.05, 3.63) is 24.3 Å². The molecule has 24 heavy (non-hydrogen) atoms. The van der Waals surface area contributed by atoms with Gasteiger partial charge in [0.15, 0.2) is 0 Å². The number of aliphatic hydroxyl groups is 1. The number of rotatable bonds is 3. The van der Waals surface area contributed by atoms with Gasteiger partial charge in [-0.2, -0.15) is 5.26 Å². The summed E-state index contributed by atoms with van der Waals surface area (Å²) in [7, 11) is 2.65. The highest BCUT2D eigenvalue weighted by Crippen LogP contribution is 2.38. The molecule has 7 heteroatoms. The first kappa shape index (κ1) is 15.6. The van der Waals surface area contributed by atoms with Crippen LogP contribution in [0.5, 0.6) is 0 Å². The number of hydrogen-bond acceptors (Lipinski definition) is 4. The molecule has 0 saturated heterocycles. The number of imidazole rings is 1. The quantitative estimate of drug-likeness (QED) is 0.742. The van der Waals surface area contributed by atoms with Gasteiger partial charge in [0.25, 0.3) is 0 Å². The zero-order chi connectivity index (χ0) is 16.7. The molecule has 1 N–H and O–H groups in total. The van der Waals surface area contributed by atoms with Gasteiger partial charge in [-0.3, -0.25) is 0 Å². The van der Waals surface area contributed by atoms with Crippen LogP contribution in [-0.2, 0) is 6.61 Å². The Morgan fingerprint density at radius 1 is 1.33 bits per heavy atom. The summed E-state index contributed by atoms with van der Waals surface area (Å²) in [5.74, 6) is 1.22. The van der Waals surface area contributed by atoms with Crippen LogP contribution in [0.4, 0.5) is 0 Å². The minimum Gasteiger partial charge on any atom is -0.388 e. The second kappa shape index (κ2) is 6.16. The van der Waals surface area contributed by atoms with Crippen molar-refractivity contribution in [2.45, 2.75) is 44.8 Å². The lowest BCUT2D eigenvalue weighted by Gasteiger charge is -2.29. The third-order valence-electron chi connectivity index (χ3n) is 5.17. The minimum atomic E-state index is -0.0735. The number of fused-ring (bicyclic) bond motifs is 3. The van der Waals surface area contributed by atoms with E-state index in [0.717, 1.165) is 47.8 Å². The van der Waals surface area contributed by atoms with Crippen molar-refractivity contribution >= 4 is 31.5 Å². The maximum Gasteiger partial charge on any atom is 0.144 e. The van der Waals surface area contributed by atoms with Gasteiger partial charge >= 0.3 is 0 Å². The summed E-state index contributed by atoms with van der Waals surface area (Å²) in [5, 5.41) is 19.8. The molecule has 1 aliphatic rings. The smallest absolute Gasteiger partial charge is 0.144 e. The zero-order valence-corrected chi connectivity index (χ0v) is 14.5. The van der Waals surface area contributed by atoms with Gasteiger partial charge in [0.1, 0.15) is 23.6 Å². The molecule has 4 rings (SSSR count). The minimum absolute atomic E-state index is 0.0735. The van der Waals surface area contributed by atoms with E-state index >= 15 is 0 Å². The van der Waals surface area contributed by atoms with Crippen LogP contribution in [0, 0.1) is 17.2 Å². The van der Waals surface area contributed by atoms with Crippen LogP contribution in [0.3, 0.4) is 0 Å². The Kier molecular flexibility index (Phi) is 3.99. The van der Waals surface area contributed by atoms with Crippen LogP contribution in [0.1, 0.15) is 44.0 Å². The molecule has 6 nitrogen and oxygen atoms in total. The van der Waals surface area contributed by atoms with Gasteiger partial charge in [0, 0.05) is 24.0 Å². The number of nitriles is 1. The fraction of sp³-hybridized carbons (Fsp3) is 0.471. The predicted molar refractivity (Wildman–Crippen MR) is 95.3 cm³/mol. The molecule has 3 aromatic rings. The molecule has 3 aromatic heterocycles. The van der Waals surface area contributed by atoms with Crippen LogP contribution in [-0.4, -0.2) is 24.0 Å². The summed E-state index contributed by atoms with van der Waals surface area (Å²) in [6, 6.07) is 4.67. The molecule has 3 heterocycles. The molecule has 1 fully saturated rings.